The fourth-order valence-electron chi connectivity index (χ4n) is 4.89. The molecule has 19 heavy (non-hydrogen) atoms. The number of hydrogen-bond donors (Lipinski definition) is 1. The zero-order valence-corrected chi connectivity index (χ0v) is 11.9. The lowest BCUT2D eigenvalue weighted by Crippen LogP contribution is -2.33. The summed E-state index contributed by atoms with van der Waals surface area (Å²) in [5.74, 6) is 3.82. The Morgan fingerprint density at radius 2 is 2.26 bits per heavy atom. The van der Waals surface area contributed by atoms with Crippen molar-refractivity contribution >= 4 is 23.2 Å². The average molecular weight is 279 g/mol. The molecular formula is C14H19ClN4. The van der Waals surface area contributed by atoms with Gasteiger partial charge in [0.15, 0.2) is 5.82 Å². The largest absolute Gasteiger partial charge is 0.382 e. The van der Waals surface area contributed by atoms with Crippen LogP contribution in [-0.4, -0.2) is 23.1 Å². The lowest BCUT2D eigenvalue weighted by Gasteiger charge is -2.34. The van der Waals surface area contributed by atoms with Gasteiger partial charge in [-0.05, 0) is 42.4 Å². The van der Waals surface area contributed by atoms with Gasteiger partial charge in [-0.2, -0.15) is 0 Å². The molecule has 102 valence electrons. The van der Waals surface area contributed by atoms with E-state index in [1.54, 1.807) is 0 Å². The van der Waals surface area contributed by atoms with Crippen LogP contribution < -0.4 is 10.6 Å². The third kappa shape index (κ3) is 1.46. The van der Waals surface area contributed by atoms with Crippen molar-refractivity contribution in [2.24, 2.45) is 23.2 Å². The van der Waals surface area contributed by atoms with E-state index in [-0.39, 0.29) is 0 Å². The second-order valence-electron chi connectivity index (χ2n) is 6.66. The van der Waals surface area contributed by atoms with Gasteiger partial charge < -0.3 is 10.6 Å². The van der Waals surface area contributed by atoms with E-state index < -0.39 is 0 Å². The molecule has 0 radical (unpaired) electrons. The van der Waals surface area contributed by atoms with Crippen LogP contribution in [0.25, 0.3) is 0 Å². The Balaban J connectivity index is 1.68. The number of nitrogens with two attached hydrogens (primary N) is 1. The van der Waals surface area contributed by atoms with Crippen LogP contribution in [0.15, 0.2) is 6.33 Å². The predicted octanol–water partition coefficient (Wildman–Crippen LogP) is 2.58. The normalized spacial score (nSPS) is 39.9. The van der Waals surface area contributed by atoms with Crippen molar-refractivity contribution in [3.05, 3.63) is 11.3 Å². The van der Waals surface area contributed by atoms with E-state index in [1.165, 1.54) is 25.6 Å². The Labute approximate surface area is 118 Å². The monoisotopic (exact) mass is 278 g/mol. The average Bonchev–Trinajstić information content (AvgIpc) is 3.02. The summed E-state index contributed by atoms with van der Waals surface area (Å²) in [6, 6.07) is 0. The van der Waals surface area contributed by atoms with Crippen LogP contribution in [0.1, 0.15) is 26.2 Å². The Morgan fingerprint density at radius 3 is 3.05 bits per heavy atom. The van der Waals surface area contributed by atoms with Gasteiger partial charge in [-0.15, -0.1) is 0 Å². The number of anilines is 2. The van der Waals surface area contributed by atoms with Crippen molar-refractivity contribution in [3.8, 4) is 0 Å². The highest BCUT2D eigenvalue weighted by Gasteiger charge is 2.59. The standard InChI is InChI=1S/C14H19ClN4/c1-14-6-19(13-11(15)12(16)17-7-18-13)5-10(14)8-2-3-9(14)4-8/h7-10H,2-6H2,1H3,(H2,16,17,18)/t8-,9+,10?,14-/m0/s1. The molecule has 1 aromatic heterocycles. The zero-order valence-electron chi connectivity index (χ0n) is 11.1. The van der Waals surface area contributed by atoms with Crippen LogP contribution in [-0.2, 0) is 0 Å². The van der Waals surface area contributed by atoms with Gasteiger partial charge in [-0.3, -0.25) is 0 Å². The molecule has 2 saturated carbocycles. The maximum Gasteiger partial charge on any atom is 0.153 e. The van der Waals surface area contributed by atoms with E-state index in [9.17, 15) is 0 Å². The highest BCUT2D eigenvalue weighted by molar-refractivity contribution is 6.35. The van der Waals surface area contributed by atoms with E-state index in [1.807, 2.05) is 0 Å². The fourth-order valence-corrected chi connectivity index (χ4v) is 5.11. The summed E-state index contributed by atoms with van der Waals surface area (Å²) in [5.41, 5.74) is 6.24. The molecule has 1 aromatic rings. The van der Waals surface area contributed by atoms with Crippen molar-refractivity contribution in [2.75, 3.05) is 23.7 Å². The van der Waals surface area contributed by atoms with Crippen molar-refractivity contribution in [1.82, 2.24) is 9.97 Å². The lowest BCUT2D eigenvalue weighted by molar-refractivity contribution is 0.157. The van der Waals surface area contributed by atoms with E-state index in [0.29, 0.717) is 16.3 Å². The third-order valence-corrected chi connectivity index (χ3v) is 6.23. The third-order valence-electron chi connectivity index (χ3n) is 5.87. The molecule has 4 nitrogen and oxygen atoms in total. The Kier molecular flexibility index (Phi) is 2.32. The summed E-state index contributed by atoms with van der Waals surface area (Å²) in [6.07, 6.45) is 5.78. The van der Waals surface area contributed by atoms with Crippen LogP contribution in [0.5, 0.6) is 0 Å². The van der Waals surface area contributed by atoms with Crippen molar-refractivity contribution in [1.29, 1.82) is 0 Å². The van der Waals surface area contributed by atoms with Gasteiger partial charge in [-0.25, -0.2) is 9.97 Å². The van der Waals surface area contributed by atoms with E-state index in [2.05, 4.69) is 21.8 Å². The van der Waals surface area contributed by atoms with Crippen LogP contribution in [0.4, 0.5) is 11.6 Å². The molecule has 1 unspecified atom stereocenters. The molecule has 3 aliphatic rings. The molecule has 1 saturated heterocycles. The Bertz CT molecular complexity index is 534. The number of aromatic nitrogens is 2. The van der Waals surface area contributed by atoms with E-state index in [4.69, 9.17) is 17.3 Å². The first kappa shape index (κ1) is 11.8. The summed E-state index contributed by atoms with van der Waals surface area (Å²) in [5, 5.41) is 0.512. The molecule has 3 fully saturated rings. The molecule has 4 atom stereocenters. The number of nitrogens with zero attached hydrogens (tertiary/aromatic N) is 3. The maximum absolute atomic E-state index is 6.27. The highest BCUT2D eigenvalue weighted by atomic mass is 35.5. The quantitative estimate of drug-likeness (QED) is 0.858. The number of rotatable bonds is 1. The molecule has 0 aromatic carbocycles. The number of halogens is 1. The van der Waals surface area contributed by atoms with Gasteiger partial charge in [-0.1, -0.05) is 18.5 Å². The Morgan fingerprint density at radius 1 is 1.42 bits per heavy atom. The second kappa shape index (κ2) is 3.75. The van der Waals surface area contributed by atoms with Gasteiger partial charge in [0.2, 0.25) is 0 Å². The van der Waals surface area contributed by atoms with E-state index in [0.717, 1.165) is 36.7 Å². The number of nitrogen functional groups attached to an aromatic ring is 1. The number of fused-ring (bicyclic) bond motifs is 5. The molecule has 1 aliphatic heterocycles. The summed E-state index contributed by atoms with van der Waals surface area (Å²) < 4.78 is 0. The first-order valence-electron chi connectivity index (χ1n) is 7.10. The van der Waals surface area contributed by atoms with Gasteiger partial charge in [0.1, 0.15) is 17.2 Å². The topological polar surface area (TPSA) is 55.0 Å². The molecule has 2 bridgehead atoms. The first-order valence-corrected chi connectivity index (χ1v) is 7.48. The van der Waals surface area contributed by atoms with Crippen LogP contribution in [0.2, 0.25) is 5.02 Å². The molecule has 2 aliphatic carbocycles. The van der Waals surface area contributed by atoms with Crippen LogP contribution >= 0.6 is 11.6 Å². The minimum absolute atomic E-state index is 0.386. The summed E-state index contributed by atoms with van der Waals surface area (Å²) in [4.78, 5) is 10.6. The van der Waals surface area contributed by atoms with E-state index >= 15 is 0 Å². The summed E-state index contributed by atoms with van der Waals surface area (Å²) in [6.45, 7) is 4.60. The molecule has 0 spiro atoms. The van der Waals surface area contributed by atoms with Gasteiger partial charge in [0, 0.05) is 13.1 Å². The molecule has 5 heteroatoms. The minimum Gasteiger partial charge on any atom is -0.382 e. The lowest BCUT2D eigenvalue weighted by atomic mass is 9.70. The summed E-state index contributed by atoms with van der Waals surface area (Å²) in [7, 11) is 0. The van der Waals surface area contributed by atoms with Gasteiger partial charge >= 0.3 is 0 Å². The second-order valence-corrected chi connectivity index (χ2v) is 7.04. The van der Waals surface area contributed by atoms with Gasteiger partial charge in [0.05, 0.1) is 0 Å². The Hall–Kier alpha value is -1.03. The summed E-state index contributed by atoms with van der Waals surface area (Å²) >= 11 is 6.27. The number of hydrogen-bond acceptors (Lipinski definition) is 4. The molecular weight excluding hydrogens is 260 g/mol. The van der Waals surface area contributed by atoms with Crippen LogP contribution in [0, 0.1) is 23.2 Å². The zero-order chi connectivity index (χ0) is 13.2. The van der Waals surface area contributed by atoms with Crippen molar-refractivity contribution in [3.63, 3.8) is 0 Å². The van der Waals surface area contributed by atoms with Crippen molar-refractivity contribution in [2.45, 2.75) is 26.2 Å². The van der Waals surface area contributed by atoms with Gasteiger partial charge in [0.25, 0.3) is 0 Å². The maximum atomic E-state index is 6.27. The fraction of sp³-hybridized carbons (Fsp3) is 0.714. The molecule has 0 amide bonds. The SMILES string of the molecule is C[C@@]12CN(c3ncnc(N)c3Cl)CC1[C@H]1CC[C@@H]2C1. The molecule has 2 N–H and O–H groups in total. The molecule has 4 rings (SSSR count). The first-order chi connectivity index (χ1) is 9.09. The predicted molar refractivity (Wildman–Crippen MR) is 76.1 cm³/mol. The van der Waals surface area contributed by atoms with Crippen molar-refractivity contribution < 1.29 is 0 Å². The minimum atomic E-state index is 0.386. The highest BCUT2D eigenvalue weighted by Crippen LogP contribution is 2.62. The molecule has 2 heterocycles. The smallest absolute Gasteiger partial charge is 0.153 e. The van der Waals surface area contributed by atoms with Crippen LogP contribution in [0.3, 0.4) is 0 Å².